The normalized spacial score (nSPS) is 17.5. The maximum Gasteiger partial charge on any atom is 0.243 e. The van der Waals surface area contributed by atoms with Gasteiger partial charge in [-0.25, -0.2) is 5.01 Å². The molecular weight excluding hydrogens is 280 g/mol. The summed E-state index contributed by atoms with van der Waals surface area (Å²) in [6.45, 7) is 1.83. The van der Waals surface area contributed by atoms with Crippen molar-refractivity contribution < 1.29 is 13.9 Å². The van der Waals surface area contributed by atoms with Crippen LogP contribution in [0.15, 0.2) is 52.2 Å². The van der Waals surface area contributed by atoms with Crippen LogP contribution in [0.3, 0.4) is 0 Å². The summed E-state index contributed by atoms with van der Waals surface area (Å²) in [5.74, 6) is 1.51. The number of furan rings is 1. The van der Waals surface area contributed by atoms with Crippen LogP contribution in [-0.2, 0) is 4.79 Å². The first-order valence-electron chi connectivity index (χ1n) is 7.30. The number of nitrogens with zero attached hydrogens (tertiary/aromatic N) is 2. The van der Waals surface area contributed by atoms with Gasteiger partial charge in [-0.2, -0.15) is 5.10 Å². The number of ether oxygens (including phenoxy) is 1. The Balaban J connectivity index is 1.94. The molecule has 114 valence electrons. The molecular formula is C17H18N2O3. The van der Waals surface area contributed by atoms with E-state index in [0.717, 1.165) is 22.8 Å². The average Bonchev–Trinajstić information content (AvgIpc) is 3.23. The van der Waals surface area contributed by atoms with Crippen molar-refractivity contribution in [2.75, 3.05) is 7.11 Å². The third-order valence-corrected chi connectivity index (χ3v) is 3.74. The van der Waals surface area contributed by atoms with Crippen LogP contribution in [-0.4, -0.2) is 23.7 Å². The number of hydrazone groups is 1. The third kappa shape index (κ3) is 2.62. The molecule has 0 bridgehead atoms. The second-order valence-electron chi connectivity index (χ2n) is 5.11. The van der Waals surface area contributed by atoms with E-state index in [9.17, 15) is 4.79 Å². The maximum absolute atomic E-state index is 12.2. The topological polar surface area (TPSA) is 55.0 Å². The predicted octanol–water partition coefficient (Wildman–Crippen LogP) is 3.38. The summed E-state index contributed by atoms with van der Waals surface area (Å²) in [6.07, 6.45) is 2.66. The Morgan fingerprint density at radius 1 is 1.41 bits per heavy atom. The lowest BCUT2D eigenvalue weighted by atomic mass is 10.0. The molecule has 0 spiro atoms. The fourth-order valence-electron chi connectivity index (χ4n) is 2.58. The highest BCUT2D eigenvalue weighted by Crippen LogP contribution is 2.33. The lowest BCUT2D eigenvalue weighted by Crippen LogP contribution is -2.25. The Kier molecular flexibility index (Phi) is 3.96. The van der Waals surface area contributed by atoms with Crippen LogP contribution in [0.2, 0.25) is 0 Å². The lowest BCUT2D eigenvalue weighted by molar-refractivity contribution is -0.133. The molecule has 0 radical (unpaired) electrons. The minimum atomic E-state index is -0.177. The van der Waals surface area contributed by atoms with E-state index in [0.29, 0.717) is 12.8 Å². The van der Waals surface area contributed by atoms with Crippen molar-refractivity contribution in [3.8, 4) is 5.75 Å². The standard InChI is InChI=1S/C17H18N2O3/c1-3-17(20)19-15(16-8-5-9-22-16)11-14(18-19)12-6-4-7-13(10-12)21-2/h4-10,15H,3,11H2,1-2H3. The number of benzene rings is 1. The van der Waals surface area contributed by atoms with Crippen molar-refractivity contribution in [1.82, 2.24) is 5.01 Å². The molecule has 0 N–H and O–H groups in total. The van der Waals surface area contributed by atoms with Crippen molar-refractivity contribution >= 4 is 11.6 Å². The van der Waals surface area contributed by atoms with Crippen LogP contribution in [0.1, 0.15) is 37.1 Å². The molecule has 1 unspecified atom stereocenters. The quantitative estimate of drug-likeness (QED) is 0.869. The fourth-order valence-corrected chi connectivity index (χ4v) is 2.58. The molecule has 5 heteroatoms. The van der Waals surface area contributed by atoms with E-state index in [1.54, 1.807) is 13.4 Å². The molecule has 0 fully saturated rings. The van der Waals surface area contributed by atoms with Crippen LogP contribution in [0.25, 0.3) is 0 Å². The first-order valence-corrected chi connectivity index (χ1v) is 7.30. The first-order chi connectivity index (χ1) is 10.7. The van der Waals surface area contributed by atoms with Gasteiger partial charge in [-0.3, -0.25) is 4.79 Å². The van der Waals surface area contributed by atoms with Gasteiger partial charge in [0.25, 0.3) is 0 Å². The SMILES string of the molecule is CCC(=O)N1N=C(c2cccc(OC)c2)CC1c1ccco1. The smallest absolute Gasteiger partial charge is 0.243 e. The highest BCUT2D eigenvalue weighted by Gasteiger charge is 2.34. The van der Waals surface area contributed by atoms with Crippen molar-refractivity contribution in [1.29, 1.82) is 0 Å². The Hall–Kier alpha value is -2.56. The highest BCUT2D eigenvalue weighted by atomic mass is 16.5. The molecule has 1 aliphatic heterocycles. The van der Waals surface area contributed by atoms with Gasteiger partial charge in [0.15, 0.2) is 0 Å². The Bertz CT molecular complexity index is 692. The maximum atomic E-state index is 12.2. The third-order valence-electron chi connectivity index (χ3n) is 3.74. The summed E-state index contributed by atoms with van der Waals surface area (Å²) in [5, 5.41) is 6.06. The van der Waals surface area contributed by atoms with Crippen molar-refractivity contribution in [3.05, 3.63) is 54.0 Å². The van der Waals surface area contributed by atoms with E-state index in [-0.39, 0.29) is 11.9 Å². The fraction of sp³-hybridized carbons (Fsp3) is 0.294. The molecule has 2 aromatic rings. The van der Waals surface area contributed by atoms with E-state index in [1.165, 1.54) is 5.01 Å². The van der Waals surface area contributed by atoms with Crippen LogP contribution in [0.5, 0.6) is 5.75 Å². The summed E-state index contributed by atoms with van der Waals surface area (Å²) >= 11 is 0. The molecule has 1 aliphatic rings. The highest BCUT2D eigenvalue weighted by molar-refractivity contribution is 6.03. The molecule has 0 aliphatic carbocycles. The van der Waals surface area contributed by atoms with Crippen LogP contribution < -0.4 is 4.74 Å². The van der Waals surface area contributed by atoms with Crippen molar-refractivity contribution in [2.45, 2.75) is 25.8 Å². The number of amides is 1. The Labute approximate surface area is 129 Å². The van der Waals surface area contributed by atoms with Gasteiger partial charge < -0.3 is 9.15 Å². The molecule has 1 atom stereocenters. The number of methoxy groups -OCH3 is 1. The van der Waals surface area contributed by atoms with E-state index < -0.39 is 0 Å². The van der Waals surface area contributed by atoms with E-state index in [4.69, 9.17) is 9.15 Å². The first kappa shape index (κ1) is 14.4. The summed E-state index contributed by atoms with van der Waals surface area (Å²) < 4.78 is 10.7. The van der Waals surface area contributed by atoms with Gasteiger partial charge in [0, 0.05) is 18.4 Å². The molecule has 0 saturated carbocycles. The minimum Gasteiger partial charge on any atom is -0.497 e. The van der Waals surface area contributed by atoms with Gasteiger partial charge in [0.1, 0.15) is 17.6 Å². The zero-order chi connectivity index (χ0) is 15.5. The second kappa shape index (κ2) is 6.05. The molecule has 5 nitrogen and oxygen atoms in total. The number of rotatable bonds is 4. The molecule has 0 saturated heterocycles. The molecule has 1 aromatic carbocycles. The number of carbonyl (C=O) groups is 1. The average molecular weight is 298 g/mol. The molecule has 2 heterocycles. The van der Waals surface area contributed by atoms with E-state index in [2.05, 4.69) is 5.10 Å². The molecule has 1 aromatic heterocycles. The molecule has 1 amide bonds. The summed E-state index contributed by atoms with van der Waals surface area (Å²) in [7, 11) is 1.63. The number of hydrogen-bond acceptors (Lipinski definition) is 4. The van der Waals surface area contributed by atoms with Gasteiger partial charge in [-0.05, 0) is 24.3 Å². The van der Waals surface area contributed by atoms with Crippen LogP contribution in [0.4, 0.5) is 0 Å². The summed E-state index contributed by atoms with van der Waals surface area (Å²) in [4.78, 5) is 12.2. The van der Waals surface area contributed by atoms with E-state index >= 15 is 0 Å². The van der Waals surface area contributed by atoms with Gasteiger partial charge in [-0.15, -0.1) is 0 Å². The van der Waals surface area contributed by atoms with Crippen molar-refractivity contribution in [2.24, 2.45) is 5.10 Å². The number of carbonyl (C=O) groups excluding carboxylic acids is 1. The largest absolute Gasteiger partial charge is 0.497 e. The zero-order valence-electron chi connectivity index (χ0n) is 12.7. The van der Waals surface area contributed by atoms with Crippen LogP contribution in [0, 0.1) is 0 Å². The van der Waals surface area contributed by atoms with Gasteiger partial charge in [-0.1, -0.05) is 19.1 Å². The zero-order valence-corrected chi connectivity index (χ0v) is 12.7. The molecule has 3 rings (SSSR count). The summed E-state index contributed by atoms with van der Waals surface area (Å²) in [6, 6.07) is 11.2. The number of hydrogen-bond donors (Lipinski definition) is 0. The Morgan fingerprint density at radius 3 is 2.95 bits per heavy atom. The van der Waals surface area contributed by atoms with Gasteiger partial charge >= 0.3 is 0 Å². The monoisotopic (exact) mass is 298 g/mol. The minimum absolute atomic E-state index is 0.0145. The van der Waals surface area contributed by atoms with Gasteiger partial charge in [0.05, 0.1) is 19.1 Å². The lowest BCUT2D eigenvalue weighted by Gasteiger charge is -2.18. The molecule has 22 heavy (non-hydrogen) atoms. The Morgan fingerprint density at radius 2 is 2.27 bits per heavy atom. The predicted molar refractivity (Wildman–Crippen MR) is 82.7 cm³/mol. The van der Waals surface area contributed by atoms with Gasteiger partial charge in [0.2, 0.25) is 5.91 Å². The second-order valence-corrected chi connectivity index (χ2v) is 5.11. The van der Waals surface area contributed by atoms with Crippen molar-refractivity contribution in [3.63, 3.8) is 0 Å². The summed E-state index contributed by atoms with van der Waals surface area (Å²) in [5.41, 5.74) is 1.82. The van der Waals surface area contributed by atoms with Crippen LogP contribution >= 0.6 is 0 Å². The van der Waals surface area contributed by atoms with E-state index in [1.807, 2.05) is 43.3 Å².